The van der Waals surface area contributed by atoms with Crippen LogP contribution in [0, 0.1) is 6.92 Å². The van der Waals surface area contributed by atoms with E-state index in [9.17, 15) is 0 Å². The Morgan fingerprint density at radius 1 is 1.18 bits per heavy atom. The van der Waals surface area contributed by atoms with Crippen molar-refractivity contribution in [2.24, 2.45) is 0 Å². The van der Waals surface area contributed by atoms with Crippen molar-refractivity contribution in [3.8, 4) is 0 Å². The Hall–Kier alpha value is 0.229. The first-order chi connectivity index (χ1) is 4.34. The van der Waals surface area contributed by atoms with Crippen LogP contribution in [0.25, 0.3) is 0 Å². The van der Waals surface area contributed by atoms with Crippen LogP contribution in [0.5, 0.6) is 0 Å². The topological polar surface area (TPSA) is 63.0 Å². The van der Waals surface area contributed by atoms with Crippen LogP contribution in [0.4, 0.5) is 0 Å². The van der Waals surface area contributed by atoms with E-state index in [2.05, 4.69) is 19.1 Å². The van der Waals surface area contributed by atoms with Crippen LogP contribution in [0.1, 0.15) is 5.56 Å². The Balaban J connectivity index is 0. The van der Waals surface area contributed by atoms with Gasteiger partial charge in [-0.15, -0.1) is 0 Å². The molecule has 0 atom stereocenters. The van der Waals surface area contributed by atoms with E-state index in [4.69, 9.17) is 8.92 Å². The number of hydrogen-bond donors (Lipinski definition) is 0. The molecule has 0 saturated heterocycles. The molecule has 0 unspecified atom stereocenters. The van der Waals surface area contributed by atoms with Gasteiger partial charge in [-0.05, 0) is 0 Å². The molecule has 1 rings (SSSR count). The number of hydrogen-bond acceptors (Lipinski definition) is 0. The molecular weight excluding hydrogens is 270 g/mol. The van der Waals surface area contributed by atoms with Gasteiger partial charge in [0, 0.05) is 0 Å². The Bertz CT molecular complexity index is 205. The van der Waals surface area contributed by atoms with Crippen LogP contribution in [0.2, 0.25) is 0 Å². The molecule has 0 amide bonds. The maximum absolute atomic E-state index is 5.80. The maximum atomic E-state index is 5.80. The molecule has 0 aliphatic heterocycles. The van der Waals surface area contributed by atoms with Crippen molar-refractivity contribution in [2.45, 2.75) is 6.92 Å². The fraction of sp³-hybridized carbons (Fsp3) is 0.143. The molecule has 0 spiro atoms. The second-order valence-electron chi connectivity index (χ2n) is 1.91. The monoisotopic (exact) mass is 282 g/mol. The summed E-state index contributed by atoms with van der Waals surface area (Å²) in [6, 6.07) is 8.32. The van der Waals surface area contributed by atoms with Crippen molar-refractivity contribution in [3.63, 3.8) is 0 Å². The van der Waals surface area contributed by atoms with Crippen LogP contribution in [0.3, 0.4) is 0 Å². The van der Waals surface area contributed by atoms with Crippen molar-refractivity contribution in [3.05, 3.63) is 29.8 Å². The molecule has 0 heterocycles. The van der Waals surface area contributed by atoms with Gasteiger partial charge in [0.15, 0.2) is 0 Å². The number of halogens is 1. The largest absolute Gasteiger partial charge is 0.412 e. The van der Waals surface area contributed by atoms with Crippen LogP contribution in [0.15, 0.2) is 24.3 Å². The molecule has 1 aromatic carbocycles. The molecule has 0 aliphatic carbocycles. The van der Waals surface area contributed by atoms with E-state index in [1.165, 1.54) is 9.14 Å². The average Bonchev–Trinajstić information content (AvgIpc) is 1.89. The van der Waals surface area contributed by atoms with Crippen LogP contribution >= 0.6 is 8.92 Å². The Labute approximate surface area is 80.1 Å². The van der Waals surface area contributed by atoms with E-state index < -0.39 is 20.0 Å². The van der Waals surface area contributed by atoms with Crippen LogP contribution in [-0.4, -0.2) is 31.0 Å². The first-order valence-corrected chi connectivity index (χ1v) is 7.81. The summed E-state index contributed by atoms with van der Waals surface area (Å²) in [6.45, 7) is 2.11. The minimum atomic E-state index is -0.708. The molecule has 0 fully saturated rings. The summed E-state index contributed by atoms with van der Waals surface area (Å²) in [4.78, 5) is 0. The first kappa shape index (κ1) is 13.8. The van der Waals surface area contributed by atoms with Gasteiger partial charge in [-0.2, -0.15) is 0 Å². The summed E-state index contributed by atoms with van der Waals surface area (Å²) < 4.78 is 1.39. The smallest absolute Gasteiger partial charge is 0.412 e. The van der Waals surface area contributed by atoms with Crippen molar-refractivity contribution in [2.75, 3.05) is 0 Å². The van der Waals surface area contributed by atoms with Crippen molar-refractivity contribution in [1.29, 1.82) is 0 Å². The summed E-state index contributed by atoms with van der Waals surface area (Å²) >= 11 is -0.708. The number of aryl methyl sites for hydroxylation is 1. The van der Waals surface area contributed by atoms with E-state index >= 15 is 0 Å². The van der Waals surface area contributed by atoms with E-state index in [0.717, 1.165) is 0 Å². The summed E-state index contributed by atoms with van der Waals surface area (Å²) in [5.74, 6) is 0. The molecule has 4 N–H and O–H groups in total. The fourth-order valence-corrected chi connectivity index (χ4v) is 3.22. The molecule has 0 saturated carbocycles. The van der Waals surface area contributed by atoms with Gasteiger partial charge in [-0.3, -0.25) is 0 Å². The van der Waals surface area contributed by atoms with Gasteiger partial charge in [0.2, 0.25) is 0 Å². The standard InChI is InChI=1S/C7H7.ClH.2H2O.Sn/c1-7-5-3-2-4-6-7;;;;/h2-5H,1H3;1H;2*1H2;/q;;;;+1/p-1. The Morgan fingerprint density at radius 2 is 1.73 bits per heavy atom. The van der Waals surface area contributed by atoms with Gasteiger partial charge in [0.1, 0.15) is 0 Å². The zero-order valence-corrected chi connectivity index (χ0v) is 9.80. The van der Waals surface area contributed by atoms with Gasteiger partial charge >= 0.3 is 69.3 Å². The molecule has 2 nitrogen and oxygen atoms in total. The summed E-state index contributed by atoms with van der Waals surface area (Å²) in [6.07, 6.45) is 0. The second kappa shape index (κ2) is 6.91. The first-order valence-electron chi connectivity index (χ1n) is 2.77. The van der Waals surface area contributed by atoms with Gasteiger partial charge in [0.25, 0.3) is 0 Å². The summed E-state index contributed by atoms with van der Waals surface area (Å²) in [7, 11) is 5.80. The zero-order valence-electron chi connectivity index (χ0n) is 6.19. The predicted octanol–water partition coefficient (Wildman–Crippen LogP) is -0.171. The minimum Gasteiger partial charge on any atom is -0.412 e. The molecule has 4 heteroatoms. The third-order valence-electron chi connectivity index (χ3n) is 1.25. The zero-order chi connectivity index (χ0) is 6.69. The third-order valence-corrected chi connectivity index (χ3v) is 4.79. The minimum absolute atomic E-state index is 0. The van der Waals surface area contributed by atoms with Crippen molar-refractivity contribution < 1.29 is 11.0 Å². The molecule has 1 aromatic rings. The number of benzene rings is 1. The molecule has 0 aromatic heterocycles. The summed E-state index contributed by atoms with van der Waals surface area (Å²) in [5.41, 5.74) is 1.35. The Kier molecular flexibility index (Phi) is 8.66. The molecule has 0 bridgehead atoms. The quantitative estimate of drug-likeness (QED) is 0.642. The predicted molar refractivity (Wildman–Crippen MR) is 49.6 cm³/mol. The molecular formula is C7H11ClO2Sn. The van der Waals surface area contributed by atoms with Crippen LogP contribution in [-0.2, 0) is 0 Å². The van der Waals surface area contributed by atoms with Crippen molar-refractivity contribution >= 4 is 32.5 Å². The number of rotatable bonds is 1. The maximum Gasteiger partial charge on any atom is -0.412 e. The van der Waals surface area contributed by atoms with Gasteiger partial charge < -0.3 is 11.0 Å². The van der Waals surface area contributed by atoms with Crippen LogP contribution < -0.4 is 3.58 Å². The summed E-state index contributed by atoms with van der Waals surface area (Å²) in [5, 5.41) is 0. The van der Waals surface area contributed by atoms with Gasteiger partial charge in [-0.1, -0.05) is 0 Å². The molecule has 62 valence electrons. The van der Waals surface area contributed by atoms with Gasteiger partial charge in [-0.25, -0.2) is 0 Å². The molecule has 0 aliphatic rings. The van der Waals surface area contributed by atoms with Gasteiger partial charge in [0.05, 0.1) is 0 Å². The second-order valence-corrected chi connectivity index (χ2v) is 5.25. The van der Waals surface area contributed by atoms with E-state index in [1.54, 1.807) is 0 Å². The molecule has 11 heavy (non-hydrogen) atoms. The van der Waals surface area contributed by atoms with E-state index in [-0.39, 0.29) is 11.0 Å². The van der Waals surface area contributed by atoms with E-state index in [1.807, 2.05) is 12.1 Å². The molecule has 2 radical (unpaired) electrons. The SMILES string of the molecule is Cc1cccc[c]1[Sn][Cl].O.O. The van der Waals surface area contributed by atoms with Crippen molar-refractivity contribution in [1.82, 2.24) is 0 Å². The Morgan fingerprint density at radius 3 is 2.09 bits per heavy atom. The fourth-order valence-electron chi connectivity index (χ4n) is 0.679. The van der Waals surface area contributed by atoms with E-state index in [0.29, 0.717) is 0 Å². The average molecular weight is 281 g/mol. The normalized spacial score (nSPS) is 7.82. The third kappa shape index (κ3) is 3.96.